The highest BCUT2D eigenvalue weighted by molar-refractivity contribution is 8.01. The summed E-state index contributed by atoms with van der Waals surface area (Å²) >= 11 is 3.23. The van der Waals surface area contributed by atoms with E-state index >= 15 is 0 Å². The van der Waals surface area contributed by atoms with Gasteiger partial charge in [0.2, 0.25) is 5.91 Å². The van der Waals surface area contributed by atoms with Crippen molar-refractivity contribution in [3.63, 3.8) is 0 Å². The van der Waals surface area contributed by atoms with Gasteiger partial charge in [-0.25, -0.2) is 0 Å². The highest BCUT2D eigenvalue weighted by Crippen LogP contribution is 2.24. The van der Waals surface area contributed by atoms with Gasteiger partial charge in [-0.2, -0.15) is 0 Å². The second kappa shape index (κ2) is 5.70. The zero-order valence-electron chi connectivity index (χ0n) is 8.96. The van der Waals surface area contributed by atoms with Crippen LogP contribution in [0, 0.1) is 0 Å². The Morgan fingerprint density at radius 1 is 1.69 bits per heavy atom. The molecule has 1 aliphatic heterocycles. The summed E-state index contributed by atoms with van der Waals surface area (Å²) in [5, 5.41) is 11.5. The van der Waals surface area contributed by atoms with Gasteiger partial charge in [0.25, 0.3) is 0 Å². The maximum Gasteiger partial charge on any atom is 0.233 e. The van der Waals surface area contributed by atoms with Crippen LogP contribution in [0.1, 0.15) is 12.8 Å². The van der Waals surface area contributed by atoms with Crippen molar-refractivity contribution in [2.75, 3.05) is 18.8 Å². The summed E-state index contributed by atoms with van der Waals surface area (Å²) in [4.78, 5) is 13.6. The minimum Gasteiger partial charge on any atom is -0.391 e. The predicted molar refractivity (Wildman–Crippen MR) is 66.9 cm³/mol. The van der Waals surface area contributed by atoms with E-state index in [9.17, 15) is 9.90 Å². The van der Waals surface area contributed by atoms with Crippen LogP contribution in [0.5, 0.6) is 0 Å². The number of thioether (sulfide) groups is 1. The fraction of sp³-hybridized carbons (Fsp3) is 0.545. The summed E-state index contributed by atoms with van der Waals surface area (Å²) < 4.78 is 1.17. The number of likely N-dealkylation sites (tertiary alicyclic amines) is 1. The minimum absolute atomic E-state index is 0.136. The van der Waals surface area contributed by atoms with E-state index < -0.39 is 0 Å². The van der Waals surface area contributed by atoms with Crippen molar-refractivity contribution >= 4 is 29.0 Å². The van der Waals surface area contributed by atoms with E-state index in [2.05, 4.69) is 0 Å². The Kier molecular flexibility index (Phi) is 4.26. The molecule has 0 spiro atoms. The number of hydrogen-bond acceptors (Lipinski definition) is 4. The first-order valence-corrected chi connectivity index (χ1v) is 7.24. The Hall–Kier alpha value is -0.520. The summed E-state index contributed by atoms with van der Waals surface area (Å²) in [6.07, 6.45) is 1.41. The van der Waals surface area contributed by atoms with Crippen LogP contribution in [-0.2, 0) is 4.79 Å². The van der Waals surface area contributed by atoms with Gasteiger partial charge in [-0.1, -0.05) is 6.07 Å². The van der Waals surface area contributed by atoms with Crippen LogP contribution in [0.15, 0.2) is 21.7 Å². The van der Waals surface area contributed by atoms with Crippen LogP contribution < -0.4 is 0 Å². The fourth-order valence-corrected chi connectivity index (χ4v) is 3.44. The van der Waals surface area contributed by atoms with Crippen molar-refractivity contribution in [3.05, 3.63) is 17.5 Å². The summed E-state index contributed by atoms with van der Waals surface area (Å²) in [7, 11) is 0. The molecule has 1 N–H and O–H groups in total. The topological polar surface area (TPSA) is 40.5 Å². The smallest absolute Gasteiger partial charge is 0.233 e. The lowest BCUT2D eigenvalue weighted by Gasteiger charge is -2.29. The standard InChI is InChI=1S/C11H15NO2S2/c13-9-3-1-5-12(7-9)10(14)8-16-11-4-2-6-15-11/h2,4,6,9,13H,1,3,5,7-8H2/t9-/m0/s1. The molecule has 0 bridgehead atoms. The lowest BCUT2D eigenvalue weighted by molar-refractivity contribution is -0.131. The van der Waals surface area contributed by atoms with Crippen molar-refractivity contribution in [1.82, 2.24) is 4.90 Å². The van der Waals surface area contributed by atoms with E-state index in [0.717, 1.165) is 19.4 Å². The molecule has 1 aromatic heterocycles. The molecule has 2 rings (SSSR count). The molecule has 1 atom stereocenters. The minimum atomic E-state index is -0.329. The first kappa shape index (κ1) is 12.0. The average Bonchev–Trinajstić information content (AvgIpc) is 2.78. The highest BCUT2D eigenvalue weighted by Gasteiger charge is 2.21. The fourth-order valence-electron chi connectivity index (χ4n) is 1.75. The molecule has 1 amide bonds. The van der Waals surface area contributed by atoms with Crippen LogP contribution in [0.4, 0.5) is 0 Å². The summed E-state index contributed by atoms with van der Waals surface area (Å²) in [5.41, 5.74) is 0. The number of carbonyl (C=O) groups is 1. The van der Waals surface area contributed by atoms with Crippen molar-refractivity contribution in [1.29, 1.82) is 0 Å². The molecule has 0 radical (unpaired) electrons. The van der Waals surface area contributed by atoms with Crippen molar-refractivity contribution in [2.45, 2.75) is 23.2 Å². The number of aliphatic hydroxyl groups is 1. The number of hydrogen-bond donors (Lipinski definition) is 1. The Morgan fingerprint density at radius 3 is 3.25 bits per heavy atom. The van der Waals surface area contributed by atoms with E-state index in [1.807, 2.05) is 17.5 Å². The zero-order chi connectivity index (χ0) is 11.4. The first-order chi connectivity index (χ1) is 7.75. The lowest BCUT2D eigenvalue weighted by Crippen LogP contribution is -2.42. The number of amides is 1. The molecule has 0 aliphatic carbocycles. The molecule has 1 aromatic rings. The van der Waals surface area contributed by atoms with Gasteiger partial charge in [-0.05, 0) is 24.3 Å². The van der Waals surface area contributed by atoms with Crippen LogP contribution in [0.3, 0.4) is 0 Å². The van der Waals surface area contributed by atoms with E-state index in [1.54, 1.807) is 28.0 Å². The molecule has 0 unspecified atom stereocenters. The van der Waals surface area contributed by atoms with Crippen molar-refractivity contribution < 1.29 is 9.90 Å². The van der Waals surface area contributed by atoms with Gasteiger partial charge < -0.3 is 10.0 Å². The van der Waals surface area contributed by atoms with E-state index in [1.165, 1.54) is 4.21 Å². The van der Waals surface area contributed by atoms with Gasteiger partial charge >= 0.3 is 0 Å². The largest absolute Gasteiger partial charge is 0.391 e. The first-order valence-electron chi connectivity index (χ1n) is 5.38. The van der Waals surface area contributed by atoms with Crippen LogP contribution >= 0.6 is 23.1 Å². The molecule has 0 saturated carbocycles. The third-order valence-electron chi connectivity index (χ3n) is 2.58. The molecule has 5 heteroatoms. The molecule has 1 fully saturated rings. The van der Waals surface area contributed by atoms with Gasteiger partial charge in [0.1, 0.15) is 0 Å². The number of rotatable bonds is 3. The molecule has 2 heterocycles. The Labute approximate surface area is 103 Å². The van der Waals surface area contributed by atoms with E-state index in [-0.39, 0.29) is 12.0 Å². The zero-order valence-corrected chi connectivity index (χ0v) is 10.6. The molecule has 3 nitrogen and oxygen atoms in total. The maximum absolute atomic E-state index is 11.8. The van der Waals surface area contributed by atoms with Crippen LogP contribution in [0.2, 0.25) is 0 Å². The quantitative estimate of drug-likeness (QED) is 0.840. The molecular formula is C11H15NO2S2. The van der Waals surface area contributed by atoms with Gasteiger partial charge in [0, 0.05) is 13.1 Å². The predicted octanol–water partition coefficient (Wildman–Crippen LogP) is 1.82. The lowest BCUT2D eigenvalue weighted by atomic mass is 10.1. The van der Waals surface area contributed by atoms with Crippen molar-refractivity contribution in [3.8, 4) is 0 Å². The second-order valence-electron chi connectivity index (χ2n) is 3.86. The summed E-state index contributed by atoms with van der Waals surface area (Å²) in [6.45, 7) is 1.30. The molecule has 1 saturated heterocycles. The number of thiophene rings is 1. The SMILES string of the molecule is O=C(CSc1cccs1)N1CCC[C@H](O)C1. The van der Waals surface area contributed by atoms with Gasteiger partial charge in [-0.3, -0.25) is 4.79 Å². The monoisotopic (exact) mass is 257 g/mol. The van der Waals surface area contributed by atoms with Gasteiger partial charge in [0.05, 0.1) is 16.1 Å². The van der Waals surface area contributed by atoms with Crippen molar-refractivity contribution in [2.24, 2.45) is 0 Å². The Morgan fingerprint density at radius 2 is 2.56 bits per heavy atom. The average molecular weight is 257 g/mol. The van der Waals surface area contributed by atoms with Gasteiger partial charge in [0.15, 0.2) is 0 Å². The maximum atomic E-state index is 11.8. The second-order valence-corrected chi connectivity index (χ2v) is 6.08. The molecule has 1 aliphatic rings. The molecule has 0 aromatic carbocycles. The van der Waals surface area contributed by atoms with Gasteiger partial charge in [-0.15, -0.1) is 23.1 Å². The number of nitrogens with zero attached hydrogens (tertiary/aromatic N) is 1. The molecule has 88 valence electrons. The van der Waals surface area contributed by atoms with E-state index in [4.69, 9.17) is 0 Å². The normalized spacial score (nSPS) is 21.1. The number of β-amino-alcohol motifs (C(OH)–C–C–N with tert-alkyl or cyclic N) is 1. The Balaban J connectivity index is 1.79. The Bertz CT molecular complexity index is 340. The van der Waals surface area contributed by atoms with E-state index in [0.29, 0.717) is 12.3 Å². The summed E-state index contributed by atoms with van der Waals surface area (Å²) in [6, 6.07) is 4.01. The number of aliphatic hydroxyl groups excluding tert-OH is 1. The number of piperidine rings is 1. The third kappa shape index (κ3) is 3.23. The van der Waals surface area contributed by atoms with Crippen LogP contribution in [-0.4, -0.2) is 40.9 Å². The molecule has 16 heavy (non-hydrogen) atoms. The highest BCUT2D eigenvalue weighted by atomic mass is 32.2. The summed E-state index contributed by atoms with van der Waals surface area (Å²) in [5.74, 6) is 0.616. The van der Waals surface area contributed by atoms with Crippen LogP contribution in [0.25, 0.3) is 0 Å². The molecular weight excluding hydrogens is 242 g/mol. The number of carbonyl (C=O) groups excluding carboxylic acids is 1. The third-order valence-corrected chi connectivity index (χ3v) is 4.70.